The van der Waals surface area contributed by atoms with Gasteiger partial charge in [0.15, 0.2) is 6.10 Å². The number of halogens is 1. The van der Waals surface area contributed by atoms with E-state index < -0.39 is 6.10 Å². The first-order valence-electron chi connectivity index (χ1n) is 6.14. The van der Waals surface area contributed by atoms with Crippen molar-refractivity contribution in [1.29, 1.82) is 0 Å². The average molecular weight is 312 g/mol. The molecule has 4 heteroatoms. The zero-order valence-electron chi connectivity index (χ0n) is 10.7. The summed E-state index contributed by atoms with van der Waals surface area (Å²) in [6, 6.07) is 7.81. The lowest BCUT2D eigenvalue weighted by Gasteiger charge is -2.26. The Kier molecular flexibility index (Phi) is 3.95. The van der Waals surface area contributed by atoms with Crippen LogP contribution in [0.3, 0.4) is 0 Å². The van der Waals surface area contributed by atoms with Crippen molar-refractivity contribution in [3.63, 3.8) is 0 Å². The van der Waals surface area contributed by atoms with E-state index in [2.05, 4.69) is 21.2 Å². The molecule has 0 saturated heterocycles. The van der Waals surface area contributed by atoms with Gasteiger partial charge in [-0.05, 0) is 31.9 Å². The van der Waals surface area contributed by atoms with Crippen LogP contribution in [0.4, 0.5) is 0 Å². The third-order valence-corrected chi connectivity index (χ3v) is 3.52. The average Bonchev–Trinajstić information content (AvgIpc) is 2.71. The predicted molar refractivity (Wildman–Crippen MR) is 75.2 cm³/mol. The summed E-state index contributed by atoms with van der Waals surface area (Å²) in [5.74, 6) is 0.799. The van der Waals surface area contributed by atoms with Gasteiger partial charge in [-0.2, -0.15) is 0 Å². The van der Waals surface area contributed by atoms with Gasteiger partial charge >= 0.3 is 0 Å². The Hall–Kier alpha value is -1.03. The van der Waals surface area contributed by atoms with Crippen LogP contribution in [-0.2, 0) is 11.2 Å². The number of ether oxygens (including phenoxy) is 1. The number of benzene rings is 1. The van der Waals surface area contributed by atoms with E-state index in [1.807, 2.05) is 38.1 Å². The molecule has 0 bridgehead atoms. The van der Waals surface area contributed by atoms with Crippen molar-refractivity contribution in [2.24, 2.45) is 0 Å². The zero-order chi connectivity index (χ0) is 13.2. The van der Waals surface area contributed by atoms with Crippen LogP contribution >= 0.6 is 15.9 Å². The molecule has 0 fully saturated rings. The number of para-hydroxylation sites is 1. The molecule has 2 rings (SSSR count). The maximum absolute atomic E-state index is 12.2. The van der Waals surface area contributed by atoms with Crippen LogP contribution < -0.4 is 10.1 Å². The lowest BCUT2D eigenvalue weighted by atomic mass is 10.0. The molecule has 0 spiro atoms. The van der Waals surface area contributed by atoms with Crippen molar-refractivity contribution >= 4 is 21.8 Å². The third kappa shape index (κ3) is 3.05. The Balaban J connectivity index is 1.97. The molecule has 0 aromatic heterocycles. The molecule has 0 aliphatic carbocycles. The quantitative estimate of drug-likeness (QED) is 0.868. The van der Waals surface area contributed by atoms with E-state index in [4.69, 9.17) is 4.74 Å². The highest BCUT2D eigenvalue weighted by molar-refractivity contribution is 9.09. The van der Waals surface area contributed by atoms with Gasteiger partial charge in [-0.1, -0.05) is 34.1 Å². The Morgan fingerprint density at radius 3 is 2.89 bits per heavy atom. The summed E-state index contributed by atoms with van der Waals surface area (Å²) in [5, 5.41) is 3.91. The number of hydrogen-bond acceptors (Lipinski definition) is 2. The second kappa shape index (κ2) is 5.31. The number of carbonyl (C=O) groups is 1. The lowest BCUT2D eigenvalue weighted by Crippen LogP contribution is -2.49. The molecule has 1 heterocycles. The number of fused-ring (bicyclic) bond motifs is 1. The molecule has 1 aliphatic heterocycles. The van der Waals surface area contributed by atoms with Gasteiger partial charge < -0.3 is 10.1 Å². The van der Waals surface area contributed by atoms with Gasteiger partial charge in [0.05, 0.1) is 0 Å². The van der Waals surface area contributed by atoms with E-state index in [9.17, 15) is 4.79 Å². The van der Waals surface area contributed by atoms with E-state index >= 15 is 0 Å². The zero-order valence-corrected chi connectivity index (χ0v) is 12.3. The minimum atomic E-state index is -0.392. The normalized spacial score (nSPS) is 18.1. The monoisotopic (exact) mass is 311 g/mol. The molecule has 1 amide bonds. The van der Waals surface area contributed by atoms with Gasteiger partial charge in [-0.25, -0.2) is 0 Å². The van der Waals surface area contributed by atoms with E-state index in [0.717, 1.165) is 23.1 Å². The highest BCUT2D eigenvalue weighted by atomic mass is 79.9. The summed E-state index contributed by atoms with van der Waals surface area (Å²) >= 11 is 3.40. The molecule has 1 aliphatic rings. The molecule has 1 N–H and O–H groups in total. The van der Waals surface area contributed by atoms with Gasteiger partial charge in [0, 0.05) is 17.3 Å². The molecule has 0 saturated carbocycles. The maximum Gasteiger partial charge on any atom is 0.261 e. The Morgan fingerprint density at radius 1 is 1.50 bits per heavy atom. The fourth-order valence-electron chi connectivity index (χ4n) is 2.04. The van der Waals surface area contributed by atoms with E-state index in [0.29, 0.717) is 6.42 Å². The fourth-order valence-corrected chi connectivity index (χ4v) is 3.03. The minimum Gasteiger partial charge on any atom is -0.480 e. The SMILES string of the molecule is CC(C)(CCBr)NC(=O)C1Cc2ccccc2O1. The third-order valence-electron chi connectivity index (χ3n) is 3.12. The van der Waals surface area contributed by atoms with Gasteiger partial charge in [0.25, 0.3) is 5.91 Å². The molecule has 98 valence electrons. The van der Waals surface area contributed by atoms with Crippen LogP contribution in [0.1, 0.15) is 25.8 Å². The number of alkyl halides is 1. The van der Waals surface area contributed by atoms with Crippen molar-refractivity contribution in [2.45, 2.75) is 38.3 Å². The second-order valence-corrected chi connectivity index (χ2v) is 6.02. The molecule has 1 unspecified atom stereocenters. The standard InChI is InChI=1S/C14H18BrNO2/c1-14(2,7-8-15)16-13(17)12-9-10-5-3-4-6-11(10)18-12/h3-6,12H,7-9H2,1-2H3,(H,16,17). The first-order valence-corrected chi connectivity index (χ1v) is 7.26. The van der Waals surface area contributed by atoms with Crippen LogP contribution in [0.5, 0.6) is 5.75 Å². The van der Waals surface area contributed by atoms with Crippen molar-refractivity contribution < 1.29 is 9.53 Å². The molecule has 0 radical (unpaired) electrons. The number of carbonyl (C=O) groups excluding carboxylic acids is 1. The minimum absolute atomic E-state index is 0.0304. The van der Waals surface area contributed by atoms with Crippen LogP contribution in [0.25, 0.3) is 0 Å². The summed E-state index contributed by atoms with van der Waals surface area (Å²) < 4.78 is 5.67. The first kappa shape index (κ1) is 13.4. The first-order chi connectivity index (χ1) is 8.52. The number of hydrogen-bond donors (Lipinski definition) is 1. The van der Waals surface area contributed by atoms with Gasteiger partial charge in [-0.15, -0.1) is 0 Å². The summed E-state index contributed by atoms with van der Waals surface area (Å²) in [5.41, 5.74) is 0.898. The highest BCUT2D eigenvalue weighted by Gasteiger charge is 2.31. The smallest absolute Gasteiger partial charge is 0.261 e. The second-order valence-electron chi connectivity index (χ2n) is 5.23. The number of nitrogens with one attached hydrogen (secondary N) is 1. The van der Waals surface area contributed by atoms with Gasteiger partial charge in [-0.3, -0.25) is 4.79 Å². The summed E-state index contributed by atoms with van der Waals surface area (Å²) in [7, 11) is 0. The molecular formula is C14H18BrNO2. The number of amides is 1. The Bertz CT molecular complexity index is 420. The van der Waals surface area contributed by atoms with Crippen LogP contribution in [0.15, 0.2) is 24.3 Å². The van der Waals surface area contributed by atoms with Gasteiger partial charge in [0.1, 0.15) is 5.75 Å². The van der Waals surface area contributed by atoms with Crippen molar-refractivity contribution in [3.05, 3.63) is 29.8 Å². The predicted octanol–water partition coefficient (Wildman–Crippen LogP) is 2.67. The van der Waals surface area contributed by atoms with Crippen LogP contribution in [0.2, 0.25) is 0 Å². The van der Waals surface area contributed by atoms with E-state index in [1.54, 1.807) is 0 Å². The summed E-state index contributed by atoms with van der Waals surface area (Å²) in [4.78, 5) is 12.2. The van der Waals surface area contributed by atoms with E-state index in [1.165, 1.54) is 0 Å². The molecule has 1 atom stereocenters. The van der Waals surface area contributed by atoms with Gasteiger partial charge in [0.2, 0.25) is 0 Å². The molecule has 3 nitrogen and oxygen atoms in total. The Labute approximate surface area is 116 Å². The van der Waals surface area contributed by atoms with Crippen molar-refractivity contribution in [3.8, 4) is 5.75 Å². The molecule has 1 aromatic carbocycles. The van der Waals surface area contributed by atoms with Crippen molar-refractivity contribution in [1.82, 2.24) is 5.32 Å². The lowest BCUT2D eigenvalue weighted by molar-refractivity contribution is -0.128. The van der Waals surface area contributed by atoms with Crippen LogP contribution in [0, 0.1) is 0 Å². The van der Waals surface area contributed by atoms with E-state index in [-0.39, 0.29) is 11.4 Å². The Morgan fingerprint density at radius 2 is 2.22 bits per heavy atom. The summed E-state index contributed by atoms with van der Waals surface area (Å²) in [6.07, 6.45) is 1.15. The highest BCUT2D eigenvalue weighted by Crippen LogP contribution is 2.28. The topological polar surface area (TPSA) is 38.3 Å². The summed E-state index contributed by atoms with van der Waals surface area (Å²) in [6.45, 7) is 4.04. The van der Waals surface area contributed by atoms with Crippen molar-refractivity contribution in [2.75, 3.05) is 5.33 Å². The fraction of sp³-hybridized carbons (Fsp3) is 0.500. The number of rotatable bonds is 4. The van der Waals surface area contributed by atoms with Crippen LogP contribution in [-0.4, -0.2) is 22.9 Å². The molecule has 18 heavy (non-hydrogen) atoms. The molecule has 1 aromatic rings. The largest absolute Gasteiger partial charge is 0.480 e. The maximum atomic E-state index is 12.2. The molecular weight excluding hydrogens is 294 g/mol.